The SMILES string of the molecule is CCN(Cc1ccccc1)c1cccc(Cl)c1[N+](=O)[O-]. The molecular formula is C15H15ClN2O2. The molecule has 0 aliphatic rings. The Morgan fingerprint density at radius 2 is 1.85 bits per heavy atom. The molecule has 0 aromatic heterocycles. The minimum atomic E-state index is -0.425. The summed E-state index contributed by atoms with van der Waals surface area (Å²) in [5.74, 6) is 0. The molecule has 0 amide bonds. The van der Waals surface area contributed by atoms with Gasteiger partial charge in [-0.25, -0.2) is 0 Å². The van der Waals surface area contributed by atoms with Gasteiger partial charge in [0.2, 0.25) is 0 Å². The molecule has 5 heteroatoms. The van der Waals surface area contributed by atoms with Gasteiger partial charge in [-0.15, -0.1) is 0 Å². The minimum absolute atomic E-state index is 0.0352. The Balaban J connectivity index is 2.37. The van der Waals surface area contributed by atoms with Crippen molar-refractivity contribution in [3.8, 4) is 0 Å². The number of halogens is 1. The summed E-state index contributed by atoms with van der Waals surface area (Å²) in [5.41, 5.74) is 1.62. The van der Waals surface area contributed by atoms with E-state index in [0.717, 1.165) is 5.56 Å². The Kier molecular flexibility index (Phi) is 4.58. The van der Waals surface area contributed by atoms with Crippen molar-refractivity contribution >= 4 is 23.0 Å². The second-order valence-corrected chi connectivity index (χ2v) is 4.77. The lowest BCUT2D eigenvalue weighted by Gasteiger charge is -2.23. The van der Waals surface area contributed by atoms with E-state index in [1.165, 1.54) is 0 Å². The van der Waals surface area contributed by atoms with E-state index in [9.17, 15) is 10.1 Å². The fraction of sp³-hybridized carbons (Fsp3) is 0.200. The molecule has 0 heterocycles. The fourth-order valence-corrected chi connectivity index (χ4v) is 2.35. The second-order valence-electron chi connectivity index (χ2n) is 4.36. The van der Waals surface area contributed by atoms with Crippen molar-refractivity contribution in [2.45, 2.75) is 13.5 Å². The van der Waals surface area contributed by atoms with Gasteiger partial charge in [0.05, 0.1) is 4.92 Å². The van der Waals surface area contributed by atoms with Crippen molar-refractivity contribution in [3.63, 3.8) is 0 Å². The molecule has 20 heavy (non-hydrogen) atoms. The second kappa shape index (κ2) is 6.39. The van der Waals surface area contributed by atoms with Crippen LogP contribution < -0.4 is 4.90 Å². The third kappa shape index (κ3) is 3.08. The quantitative estimate of drug-likeness (QED) is 0.610. The van der Waals surface area contributed by atoms with Crippen LogP contribution in [0.1, 0.15) is 12.5 Å². The molecular weight excluding hydrogens is 276 g/mol. The number of rotatable bonds is 5. The smallest absolute Gasteiger partial charge is 0.310 e. The monoisotopic (exact) mass is 290 g/mol. The average Bonchev–Trinajstić information content (AvgIpc) is 2.45. The molecule has 2 aromatic rings. The number of benzene rings is 2. The highest BCUT2D eigenvalue weighted by atomic mass is 35.5. The van der Waals surface area contributed by atoms with Crippen molar-refractivity contribution in [1.82, 2.24) is 0 Å². The first-order valence-electron chi connectivity index (χ1n) is 6.35. The molecule has 0 spiro atoms. The zero-order chi connectivity index (χ0) is 14.5. The van der Waals surface area contributed by atoms with Crippen molar-refractivity contribution in [1.29, 1.82) is 0 Å². The summed E-state index contributed by atoms with van der Waals surface area (Å²) >= 11 is 5.96. The third-order valence-electron chi connectivity index (χ3n) is 3.09. The Bertz CT molecular complexity index is 602. The van der Waals surface area contributed by atoms with E-state index in [1.54, 1.807) is 18.2 Å². The first-order valence-corrected chi connectivity index (χ1v) is 6.73. The van der Waals surface area contributed by atoms with E-state index in [4.69, 9.17) is 11.6 Å². The number of nitrogens with zero attached hydrogens (tertiary/aromatic N) is 2. The van der Waals surface area contributed by atoms with E-state index in [-0.39, 0.29) is 10.7 Å². The lowest BCUT2D eigenvalue weighted by atomic mass is 10.2. The first-order chi connectivity index (χ1) is 9.63. The number of para-hydroxylation sites is 1. The molecule has 104 valence electrons. The van der Waals surface area contributed by atoms with Crippen LogP contribution in [0.5, 0.6) is 0 Å². The zero-order valence-corrected chi connectivity index (χ0v) is 11.9. The van der Waals surface area contributed by atoms with Crippen molar-refractivity contribution < 1.29 is 4.92 Å². The molecule has 4 nitrogen and oxygen atoms in total. The maximum atomic E-state index is 11.2. The molecule has 2 rings (SSSR count). The molecule has 0 N–H and O–H groups in total. The number of hydrogen-bond acceptors (Lipinski definition) is 3. The summed E-state index contributed by atoms with van der Waals surface area (Å²) in [6.07, 6.45) is 0. The van der Waals surface area contributed by atoms with Gasteiger partial charge in [-0.05, 0) is 24.6 Å². The summed E-state index contributed by atoms with van der Waals surface area (Å²) in [6.45, 7) is 3.24. The molecule has 0 unspecified atom stereocenters. The van der Waals surface area contributed by atoms with Crippen molar-refractivity contribution in [2.24, 2.45) is 0 Å². The number of nitro benzene ring substituents is 1. The van der Waals surface area contributed by atoms with Crippen molar-refractivity contribution in [3.05, 3.63) is 69.2 Å². The van der Waals surface area contributed by atoms with Gasteiger partial charge in [-0.2, -0.15) is 0 Å². The maximum absolute atomic E-state index is 11.2. The van der Waals surface area contributed by atoms with Crippen LogP contribution in [0.3, 0.4) is 0 Å². The summed E-state index contributed by atoms with van der Waals surface area (Å²) in [6, 6.07) is 14.9. The van der Waals surface area contributed by atoms with Gasteiger partial charge in [-0.1, -0.05) is 48.0 Å². The molecule has 0 radical (unpaired) electrons. The van der Waals surface area contributed by atoms with Crippen LogP contribution in [0.2, 0.25) is 5.02 Å². The summed E-state index contributed by atoms with van der Waals surface area (Å²) in [4.78, 5) is 12.7. The summed E-state index contributed by atoms with van der Waals surface area (Å²) in [5, 5.41) is 11.4. The molecule has 0 aliphatic heterocycles. The highest BCUT2D eigenvalue weighted by Crippen LogP contribution is 2.35. The number of hydrogen-bond donors (Lipinski definition) is 0. The standard InChI is InChI=1S/C15H15ClN2O2/c1-2-17(11-12-7-4-3-5-8-12)14-10-6-9-13(16)15(14)18(19)20/h3-10H,2,11H2,1H3. The largest absolute Gasteiger partial charge is 0.362 e. The highest BCUT2D eigenvalue weighted by Gasteiger charge is 2.22. The van der Waals surface area contributed by atoms with E-state index < -0.39 is 4.92 Å². The van der Waals surface area contributed by atoms with Gasteiger partial charge in [0.15, 0.2) is 0 Å². The molecule has 0 bridgehead atoms. The Hall–Kier alpha value is -2.07. The van der Waals surface area contributed by atoms with E-state index in [1.807, 2.05) is 42.2 Å². The third-order valence-corrected chi connectivity index (χ3v) is 3.39. The van der Waals surface area contributed by atoms with Gasteiger partial charge in [0, 0.05) is 13.1 Å². The van der Waals surface area contributed by atoms with E-state index in [0.29, 0.717) is 18.8 Å². The normalized spacial score (nSPS) is 10.3. The molecule has 0 atom stereocenters. The molecule has 0 saturated carbocycles. The van der Waals surface area contributed by atoms with Gasteiger partial charge >= 0.3 is 5.69 Å². The highest BCUT2D eigenvalue weighted by molar-refractivity contribution is 6.33. The Morgan fingerprint density at radius 3 is 2.45 bits per heavy atom. The zero-order valence-electron chi connectivity index (χ0n) is 11.1. The lowest BCUT2D eigenvalue weighted by Crippen LogP contribution is -2.23. The van der Waals surface area contributed by atoms with Crippen LogP contribution in [-0.4, -0.2) is 11.5 Å². The summed E-state index contributed by atoms with van der Waals surface area (Å²) < 4.78 is 0. The van der Waals surface area contributed by atoms with Crippen LogP contribution in [0, 0.1) is 10.1 Å². The molecule has 0 fully saturated rings. The van der Waals surface area contributed by atoms with Gasteiger partial charge < -0.3 is 4.90 Å². The molecule has 0 saturated heterocycles. The minimum Gasteiger partial charge on any atom is -0.362 e. The first kappa shape index (κ1) is 14.3. The number of anilines is 1. The van der Waals surface area contributed by atoms with Crippen LogP contribution in [0.25, 0.3) is 0 Å². The van der Waals surface area contributed by atoms with Gasteiger partial charge in [-0.3, -0.25) is 10.1 Å². The fourth-order valence-electron chi connectivity index (χ4n) is 2.11. The topological polar surface area (TPSA) is 46.4 Å². The van der Waals surface area contributed by atoms with E-state index >= 15 is 0 Å². The van der Waals surface area contributed by atoms with Crippen LogP contribution in [-0.2, 0) is 6.54 Å². The Labute approximate surface area is 122 Å². The van der Waals surface area contributed by atoms with Gasteiger partial charge in [0.25, 0.3) is 0 Å². The van der Waals surface area contributed by atoms with Crippen molar-refractivity contribution in [2.75, 3.05) is 11.4 Å². The predicted octanol–water partition coefficient (Wildman–Crippen LogP) is 4.27. The van der Waals surface area contributed by atoms with Crippen LogP contribution in [0.15, 0.2) is 48.5 Å². The van der Waals surface area contributed by atoms with Gasteiger partial charge in [0.1, 0.15) is 10.7 Å². The van der Waals surface area contributed by atoms with E-state index in [2.05, 4.69) is 0 Å². The predicted molar refractivity (Wildman–Crippen MR) is 81.3 cm³/mol. The van der Waals surface area contributed by atoms with Crippen LogP contribution in [0.4, 0.5) is 11.4 Å². The molecule has 0 aliphatic carbocycles. The maximum Gasteiger partial charge on any atom is 0.310 e. The summed E-state index contributed by atoms with van der Waals surface area (Å²) in [7, 11) is 0. The van der Waals surface area contributed by atoms with Crippen LogP contribution >= 0.6 is 11.6 Å². The molecule has 2 aromatic carbocycles. The lowest BCUT2D eigenvalue weighted by molar-refractivity contribution is -0.384. The average molecular weight is 291 g/mol. The number of nitro groups is 1. The Morgan fingerprint density at radius 1 is 1.15 bits per heavy atom.